The Labute approximate surface area is 131 Å². The summed E-state index contributed by atoms with van der Waals surface area (Å²) in [7, 11) is 0. The molecule has 0 aliphatic carbocycles. The highest BCUT2D eigenvalue weighted by Gasteiger charge is 2.11. The van der Waals surface area contributed by atoms with Crippen molar-refractivity contribution in [2.75, 3.05) is 17.8 Å². The molecule has 1 N–H and O–H groups in total. The Balaban J connectivity index is 2.84. The van der Waals surface area contributed by atoms with E-state index in [0.29, 0.717) is 0 Å². The molecule has 0 aliphatic rings. The van der Waals surface area contributed by atoms with Gasteiger partial charge in [-0.2, -0.15) is 5.26 Å². The molecule has 0 atom stereocenters. The quantitative estimate of drug-likeness (QED) is 0.284. The highest BCUT2D eigenvalue weighted by atomic mass is 35.5. The lowest BCUT2D eigenvalue weighted by atomic mass is 10.2. The van der Waals surface area contributed by atoms with E-state index in [1.165, 1.54) is 12.1 Å². The number of carbonyl (C=O) groups is 2. The Morgan fingerprint density at radius 3 is 2.77 bits per heavy atom. The molecule has 0 radical (unpaired) electrons. The highest BCUT2D eigenvalue weighted by Crippen LogP contribution is 2.21. The van der Waals surface area contributed by atoms with Crippen LogP contribution in [0.4, 0.5) is 10.1 Å². The van der Waals surface area contributed by atoms with Crippen molar-refractivity contribution in [2.45, 2.75) is 6.92 Å². The van der Waals surface area contributed by atoms with Gasteiger partial charge in [0.25, 0.3) is 0 Å². The Morgan fingerprint density at radius 2 is 2.23 bits per heavy atom. The van der Waals surface area contributed by atoms with Crippen LogP contribution in [-0.2, 0) is 14.3 Å². The van der Waals surface area contributed by atoms with E-state index in [4.69, 9.17) is 21.6 Å². The van der Waals surface area contributed by atoms with Crippen LogP contribution >= 0.6 is 11.6 Å². The molecule has 1 aromatic rings. The van der Waals surface area contributed by atoms with E-state index in [0.717, 1.165) is 12.3 Å². The second-order valence-electron chi connectivity index (χ2n) is 3.78. The van der Waals surface area contributed by atoms with Gasteiger partial charge >= 0.3 is 11.9 Å². The van der Waals surface area contributed by atoms with Gasteiger partial charge in [-0.05, 0) is 19.1 Å². The molecule has 0 unspecified atom stereocenters. The standard InChI is InChI=1S/C14H12ClFN2O4/c1-2-21-14(20)9(7-17)8-18-12-4-3-10(5-11(12)16)22-13(19)6-15/h3-5,8,18H,2,6H2,1H3/b9-8-. The maximum absolute atomic E-state index is 13.8. The van der Waals surface area contributed by atoms with Crippen LogP contribution in [0.2, 0.25) is 0 Å². The Kier molecular flexibility index (Phi) is 6.86. The summed E-state index contributed by atoms with van der Waals surface area (Å²) in [6, 6.07) is 5.22. The Hall–Kier alpha value is -2.59. The first-order valence-electron chi connectivity index (χ1n) is 6.12. The zero-order chi connectivity index (χ0) is 16.5. The number of nitriles is 1. The third kappa shape index (κ3) is 5.07. The molecule has 8 heteroatoms. The van der Waals surface area contributed by atoms with Crippen molar-refractivity contribution in [3.8, 4) is 11.8 Å². The molecular formula is C14H12ClFN2O4. The molecule has 22 heavy (non-hydrogen) atoms. The minimum atomic E-state index is -0.814. The van der Waals surface area contributed by atoms with Gasteiger partial charge in [-0.15, -0.1) is 11.6 Å². The fourth-order valence-electron chi connectivity index (χ4n) is 1.33. The van der Waals surface area contributed by atoms with Crippen LogP contribution in [0.25, 0.3) is 0 Å². The summed E-state index contributed by atoms with van der Waals surface area (Å²) in [6.45, 7) is 1.72. The van der Waals surface area contributed by atoms with Crippen molar-refractivity contribution < 1.29 is 23.5 Å². The van der Waals surface area contributed by atoms with Crippen LogP contribution < -0.4 is 10.1 Å². The van der Waals surface area contributed by atoms with Crippen molar-refractivity contribution in [1.29, 1.82) is 5.26 Å². The van der Waals surface area contributed by atoms with Crippen molar-refractivity contribution >= 4 is 29.2 Å². The zero-order valence-electron chi connectivity index (χ0n) is 11.6. The van der Waals surface area contributed by atoms with Gasteiger partial charge in [-0.25, -0.2) is 9.18 Å². The molecule has 1 rings (SSSR count). The van der Waals surface area contributed by atoms with E-state index in [2.05, 4.69) is 10.1 Å². The molecule has 116 valence electrons. The summed E-state index contributed by atoms with van der Waals surface area (Å²) in [5.74, 6) is -2.63. The normalized spacial score (nSPS) is 10.5. The summed E-state index contributed by atoms with van der Waals surface area (Å²) < 4.78 is 23.2. The molecule has 6 nitrogen and oxygen atoms in total. The first kappa shape index (κ1) is 17.5. The molecular weight excluding hydrogens is 315 g/mol. The van der Waals surface area contributed by atoms with Gasteiger partial charge in [0, 0.05) is 12.3 Å². The topological polar surface area (TPSA) is 88.4 Å². The first-order chi connectivity index (χ1) is 10.5. The number of anilines is 1. The largest absolute Gasteiger partial charge is 0.462 e. The number of hydrogen-bond donors (Lipinski definition) is 1. The maximum atomic E-state index is 13.8. The van der Waals surface area contributed by atoms with Gasteiger partial charge in [0.2, 0.25) is 0 Å². The average Bonchev–Trinajstić information content (AvgIpc) is 2.49. The van der Waals surface area contributed by atoms with Crippen LogP contribution in [0.1, 0.15) is 6.92 Å². The lowest BCUT2D eigenvalue weighted by Gasteiger charge is -2.07. The molecule has 0 aliphatic heterocycles. The summed E-state index contributed by atoms with van der Waals surface area (Å²) in [5.41, 5.74) is -0.318. The Morgan fingerprint density at radius 1 is 1.50 bits per heavy atom. The molecule has 0 saturated heterocycles. The van der Waals surface area contributed by atoms with Crippen molar-refractivity contribution in [1.82, 2.24) is 0 Å². The van der Waals surface area contributed by atoms with E-state index < -0.39 is 17.8 Å². The van der Waals surface area contributed by atoms with Gasteiger partial charge in [-0.3, -0.25) is 4.79 Å². The molecule has 0 amide bonds. The molecule has 0 fully saturated rings. The minimum absolute atomic E-state index is 0.0106. The predicted octanol–water partition coefficient (Wildman–Crippen LogP) is 2.35. The van der Waals surface area contributed by atoms with Crippen molar-refractivity contribution in [2.24, 2.45) is 0 Å². The zero-order valence-corrected chi connectivity index (χ0v) is 12.3. The number of ether oxygens (including phenoxy) is 2. The third-order valence-electron chi connectivity index (χ3n) is 2.27. The first-order valence-corrected chi connectivity index (χ1v) is 6.65. The highest BCUT2D eigenvalue weighted by molar-refractivity contribution is 6.26. The SMILES string of the molecule is CCOC(=O)/C(C#N)=C\Nc1ccc(OC(=O)CCl)cc1F. The number of rotatable bonds is 6. The number of halogens is 2. The van der Waals surface area contributed by atoms with Gasteiger partial charge in [-0.1, -0.05) is 0 Å². The molecule has 0 bridgehead atoms. The molecule has 0 saturated carbocycles. The smallest absolute Gasteiger partial charge is 0.350 e. The maximum Gasteiger partial charge on any atom is 0.350 e. The van der Waals surface area contributed by atoms with E-state index in [1.807, 2.05) is 0 Å². The van der Waals surface area contributed by atoms with E-state index in [-0.39, 0.29) is 29.5 Å². The van der Waals surface area contributed by atoms with Crippen molar-refractivity contribution in [3.63, 3.8) is 0 Å². The second-order valence-corrected chi connectivity index (χ2v) is 4.05. The Bertz CT molecular complexity index is 640. The number of esters is 2. The van der Waals surface area contributed by atoms with Crippen LogP contribution in [0, 0.1) is 17.1 Å². The molecule has 1 aromatic carbocycles. The summed E-state index contributed by atoms with van der Waals surface area (Å²) in [6.07, 6.45) is 1.03. The van der Waals surface area contributed by atoms with E-state index in [1.54, 1.807) is 13.0 Å². The minimum Gasteiger partial charge on any atom is -0.462 e. The fourth-order valence-corrected chi connectivity index (χ4v) is 1.39. The van der Waals surface area contributed by atoms with E-state index in [9.17, 15) is 14.0 Å². The van der Waals surface area contributed by atoms with Gasteiger partial charge in [0.15, 0.2) is 5.57 Å². The van der Waals surface area contributed by atoms with Crippen molar-refractivity contribution in [3.05, 3.63) is 35.8 Å². The number of benzene rings is 1. The number of carbonyl (C=O) groups excluding carboxylic acids is 2. The lowest BCUT2D eigenvalue weighted by Crippen LogP contribution is -2.09. The van der Waals surface area contributed by atoms with E-state index >= 15 is 0 Å². The lowest BCUT2D eigenvalue weighted by molar-refractivity contribution is -0.138. The summed E-state index contributed by atoms with van der Waals surface area (Å²) in [5, 5.41) is 11.3. The van der Waals surface area contributed by atoms with Gasteiger partial charge < -0.3 is 14.8 Å². The average molecular weight is 327 g/mol. The van der Waals surface area contributed by atoms with Crippen LogP contribution in [0.15, 0.2) is 30.0 Å². The number of nitrogens with zero attached hydrogens (tertiary/aromatic N) is 1. The monoisotopic (exact) mass is 326 g/mol. The summed E-state index contributed by atoms with van der Waals surface area (Å²) in [4.78, 5) is 22.4. The van der Waals surface area contributed by atoms with Crippen LogP contribution in [-0.4, -0.2) is 24.4 Å². The number of alkyl halides is 1. The molecule has 0 aromatic heterocycles. The number of hydrogen-bond acceptors (Lipinski definition) is 6. The molecule has 0 spiro atoms. The molecule has 0 heterocycles. The number of nitrogens with one attached hydrogen (secondary N) is 1. The van der Waals surface area contributed by atoms with Crippen LogP contribution in [0.3, 0.4) is 0 Å². The summed E-state index contributed by atoms with van der Waals surface area (Å²) >= 11 is 5.27. The van der Waals surface area contributed by atoms with Gasteiger partial charge in [0.05, 0.1) is 12.3 Å². The second kappa shape index (κ2) is 8.64. The van der Waals surface area contributed by atoms with Crippen LogP contribution in [0.5, 0.6) is 5.75 Å². The predicted molar refractivity (Wildman–Crippen MR) is 76.7 cm³/mol. The fraction of sp³-hybridized carbons (Fsp3) is 0.214. The third-order valence-corrected chi connectivity index (χ3v) is 2.49. The van der Waals surface area contributed by atoms with Gasteiger partial charge in [0.1, 0.15) is 23.5 Å².